The molecule has 2 heterocycles. The molecule has 0 bridgehead atoms. The first-order valence-corrected chi connectivity index (χ1v) is 7.48. The van der Waals surface area contributed by atoms with Crippen molar-refractivity contribution in [1.29, 1.82) is 0 Å². The van der Waals surface area contributed by atoms with Gasteiger partial charge in [-0.05, 0) is 24.7 Å². The van der Waals surface area contributed by atoms with E-state index in [-0.39, 0.29) is 5.69 Å². The molecule has 0 amide bonds. The smallest absolute Gasteiger partial charge is 0.279 e. The molecule has 1 aliphatic heterocycles. The number of aryl methyl sites for hydroxylation is 1. The van der Waals surface area contributed by atoms with Crippen LogP contribution in [0.5, 0.6) is 0 Å². The van der Waals surface area contributed by atoms with E-state index in [1.165, 1.54) is 0 Å². The molecule has 0 spiro atoms. The van der Waals surface area contributed by atoms with Gasteiger partial charge in [-0.2, -0.15) is 5.10 Å². The van der Waals surface area contributed by atoms with Gasteiger partial charge in [-0.1, -0.05) is 29.8 Å². The second-order valence-electron chi connectivity index (χ2n) is 5.15. The fraction of sp³-hybridized carbons (Fsp3) is 0.833. The van der Waals surface area contributed by atoms with Crippen molar-refractivity contribution in [3.63, 3.8) is 0 Å². The zero-order valence-electron chi connectivity index (χ0n) is 10.5. The summed E-state index contributed by atoms with van der Waals surface area (Å²) < 4.78 is 3.50. The van der Waals surface area contributed by atoms with Gasteiger partial charge in [0.25, 0.3) is 0 Å². The average molecular weight is 302 g/mol. The molecular weight excluding hydrogens is 282 g/mol. The van der Waals surface area contributed by atoms with E-state index in [2.05, 4.69) is 34.9 Å². The maximum absolute atomic E-state index is 12.1. The molecule has 0 saturated heterocycles. The van der Waals surface area contributed by atoms with E-state index in [0.717, 1.165) is 43.5 Å². The molecule has 2 rings (SSSR count). The Balaban J connectivity index is 2.22. The molecule has 0 saturated carbocycles. The third-order valence-electron chi connectivity index (χ3n) is 3.58. The molecule has 96 valence electrons. The topological polar surface area (TPSA) is 39.8 Å². The van der Waals surface area contributed by atoms with Crippen LogP contribution in [0.2, 0.25) is 0 Å². The minimum absolute atomic E-state index is 0.0753. The van der Waals surface area contributed by atoms with Crippen LogP contribution in [0, 0.1) is 11.8 Å². The molecule has 1 unspecified atom stereocenters. The van der Waals surface area contributed by atoms with Crippen molar-refractivity contribution in [3.05, 3.63) is 16.3 Å². The molecule has 1 aromatic heterocycles. The minimum Gasteiger partial charge on any atom is -0.279 e. The van der Waals surface area contributed by atoms with Crippen LogP contribution in [0.3, 0.4) is 0 Å². The fourth-order valence-electron chi connectivity index (χ4n) is 2.23. The third kappa shape index (κ3) is 2.64. The molecule has 0 N–H and O–H groups in total. The number of aromatic nitrogens is 3. The maximum atomic E-state index is 12.1. The average Bonchev–Trinajstić information content (AvgIpc) is 2.63. The lowest BCUT2D eigenvalue weighted by Crippen LogP contribution is -2.30. The highest BCUT2D eigenvalue weighted by molar-refractivity contribution is 9.09. The Morgan fingerprint density at radius 2 is 2.18 bits per heavy atom. The molecule has 1 atom stereocenters. The number of halogens is 1. The largest absolute Gasteiger partial charge is 0.345 e. The zero-order chi connectivity index (χ0) is 12.4. The van der Waals surface area contributed by atoms with Crippen molar-refractivity contribution in [1.82, 2.24) is 14.3 Å². The van der Waals surface area contributed by atoms with Crippen molar-refractivity contribution < 1.29 is 0 Å². The Bertz CT molecular complexity index is 435. The number of rotatable bonds is 4. The predicted molar refractivity (Wildman–Crippen MR) is 71.5 cm³/mol. The summed E-state index contributed by atoms with van der Waals surface area (Å²) in [5.41, 5.74) is 0.0753. The number of fused-ring (bicyclic) bond motifs is 1. The van der Waals surface area contributed by atoms with Gasteiger partial charge in [0.15, 0.2) is 0 Å². The maximum Gasteiger partial charge on any atom is 0.345 e. The summed E-state index contributed by atoms with van der Waals surface area (Å²) in [7, 11) is 0. The summed E-state index contributed by atoms with van der Waals surface area (Å²) in [6, 6.07) is 0. The van der Waals surface area contributed by atoms with Crippen LogP contribution in [0.1, 0.15) is 32.5 Å². The summed E-state index contributed by atoms with van der Waals surface area (Å²) in [6.45, 7) is 5.94. The summed E-state index contributed by atoms with van der Waals surface area (Å²) >= 11 is 3.52. The van der Waals surface area contributed by atoms with Gasteiger partial charge in [0.2, 0.25) is 0 Å². The van der Waals surface area contributed by atoms with Gasteiger partial charge >= 0.3 is 5.69 Å². The van der Waals surface area contributed by atoms with Crippen LogP contribution in [-0.4, -0.2) is 19.7 Å². The summed E-state index contributed by atoms with van der Waals surface area (Å²) in [4.78, 5) is 12.1. The van der Waals surface area contributed by atoms with E-state index in [9.17, 15) is 4.79 Å². The van der Waals surface area contributed by atoms with E-state index >= 15 is 0 Å². The Hall–Kier alpha value is -0.580. The monoisotopic (exact) mass is 301 g/mol. The van der Waals surface area contributed by atoms with E-state index in [0.29, 0.717) is 11.8 Å². The summed E-state index contributed by atoms with van der Waals surface area (Å²) in [6.07, 6.45) is 3.20. The highest BCUT2D eigenvalue weighted by Gasteiger charge is 2.20. The van der Waals surface area contributed by atoms with Crippen molar-refractivity contribution >= 4 is 15.9 Å². The standard InChI is InChI=1S/C12H20BrN3O/c1-9(2)10(7-13)8-16-12(17)15-6-4-3-5-11(15)14-16/h9-10H,3-8H2,1-2H3. The Kier molecular flexibility index (Phi) is 4.07. The molecule has 0 fully saturated rings. The van der Waals surface area contributed by atoms with Crippen LogP contribution < -0.4 is 5.69 Å². The van der Waals surface area contributed by atoms with Gasteiger partial charge in [-0.25, -0.2) is 9.48 Å². The molecule has 1 aromatic rings. The molecule has 1 aliphatic rings. The summed E-state index contributed by atoms with van der Waals surface area (Å²) in [5.74, 6) is 1.99. The molecule has 5 heteroatoms. The second-order valence-corrected chi connectivity index (χ2v) is 5.80. The zero-order valence-corrected chi connectivity index (χ0v) is 12.1. The number of alkyl halides is 1. The van der Waals surface area contributed by atoms with E-state index in [1.807, 2.05) is 4.57 Å². The van der Waals surface area contributed by atoms with Crippen LogP contribution in [0.25, 0.3) is 0 Å². The van der Waals surface area contributed by atoms with Crippen LogP contribution >= 0.6 is 15.9 Å². The highest BCUT2D eigenvalue weighted by atomic mass is 79.9. The van der Waals surface area contributed by atoms with Gasteiger partial charge in [0, 0.05) is 18.3 Å². The van der Waals surface area contributed by atoms with Crippen molar-refractivity contribution in [2.24, 2.45) is 11.8 Å². The third-order valence-corrected chi connectivity index (χ3v) is 4.41. The fourth-order valence-corrected chi connectivity index (χ4v) is 3.18. The lowest BCUT2D eigenvalue weighted by molar-refractivity contribution is 0.349. The van der Waals surface area contributed by atoms with E-state index < -0.39 is 0 Å². The second kappa shape index (κ2) is 5.38. The van der Waals surface area contributed by atoms with Crippen molar-refractivity contribution in [2.75, 3.05) is 5.33 Å². The first-order chi connectivity index (χ1) is 8.13. The van der Waals surface area contributed by atoms with Crippen LogP contribution in [0.4, 0.5) is 0 Å². The van der Waals surface area contributed by atoms with Gasteiger partial charge in [-0.15, -0.1) is 0 Å². The van der Waals surface area contributed by atoms with Crippen molar-refractivity contribution in [3.8, 4) is 0 Å². The molecule has 0 aromatic carbocycles. The normalized spacial score (nSPS) is 17.2. The summed E-state index contributed by atoms with van der Waals surface area (Å²) in [5, 5.41) is 5.38. The Morgan fingerprint density at radius 1 is 1.41 bits per heavy atom. The first kappa shape index (κ1) is 12.9. The molecular formula is C12H20BrN3O. The molecule has 0 aliphatic carbocycles. The highest BCUT2D eigenvalue weighted by Crippen LogP contribution is 2.16. The molecule has 17 heavy (non-hydrogen) atoms. The first-order valence-electron chi connectivity index (χ1n) is 6.36. The number of hydrogen-bond donors (Lipinski definition) is 0. The minimum atomic E-state index is 0.0753. The Labute approximate surface area is 110 Å². The van der Waals surface area contributed by atoms with Gasteiger partial charge in [0.1, 0.15) is 5.82 Å². The van der Waals surface area contributed by atoms with Crippen LogP contribution in [-0.2, 0) is 19.5 Å². The number of nitrogens with zero attached hydrogens (tertiary/aromatic N) is 3. The SMILES string of the molecule is CC(C)C(CBr)Cn1nc2n(c1=O)CCCC2. The van der Waals surface area contributed by atoms with Gasteiger partial charge < -0.3 is 0 Å². The quantitative estimate of drug-likeness (QED) is 0.799. The predicted octanol–water partition coefficient (Wildman–Crippen LogP) is 2.05. The Morgan fingerprint density at radius 3 is 2.76 bits per heavy atom. The van der Waals surface area contributed by atoms with E-state index in [4.69, 9.17) is 0 Å². The van der Waals surface area contributed by atoms with Gasteiger partial charge in [-0.3, -0.25) is 4.57 Å². The molecule has 4 nitrogen and oxygen atoms in total. The lowest BCUT2D eigenvalue weighted by atomic mass is 9.98. The molecule has 0 radical (unpaired) electrons. The lowest BCUT2D eigenvalue weighted by Gasteiger charge is -2.16. The number of hydrogen-bond acceptors (Lipinski definition) is 2. The van der Waals surface area contributed by atoms with Crippen molar-refractivity contribution in [2.45, 2.75) is 46.2 Å². The van der Waals surface area contributed by atoms with Gasteiger partial charge in [0.05, 0.1) is 6.54 Å². The van der Waals surface area contributed by atoms with Crippen LogP contribution in [0.15, 0.2) is 4.79 Å². The van der Waals surface area contributed by atoms with E-state index in [1.54, 1.807) is 4.68 Å².